The van der Waals surface area contributed by atoms with Crippen LogP contribution in [0.25, 0.3) is 0 Å². The van der Waals surface area contributed by atoms with Gasteiger partial charge in [0.15, 0.2) is 0 Å². The molecule has 0 aromatic carbocycles. The summed E-state index contributed by atoms with van der Waals surface area (Å²) in [4.78, 5) is 10.7. The fourth-order valence-corrected chi connectivity index (χ4v) is 1.43. The number of hydrogen-bond acceptors (Lipinski definition) is 5. The molecule has 1 rings (SSSR count). The highest BCUT2D eigenvalue weighted by molar-refractivity contribution is 5.76. The number of ketones is 1. The van der Waals surface area contributed by atoms with Gasteiger partial charge in [0, 0.05) is 6.42 Å². The van der Waals surface area contributed by atoms with Gasteiger partial charge in [-0.25, -0.2) is 0 Å². The summed E-state index contributed by atoms with van der Waals surface area (Å²) in [6.07, 6.45) is -3.59. The van der Waals surface area contributed by atoms with E-state index < -0.39 is 24.4 Å². The first-order valence-electron chi connectivity index (χ1n) is 4.18. The maximum Gasteiger partial charge on any atom is 0.132 e. The Morgan fingerprint density at radius 3 is 2.23 bits per heavy atom. The monoisotopic (exact) mass is 190 g/mol. The molecule has 0 amide bonds. The van der Waals surface area contributed by atoms with E-state index in [2.05, 4.69) is 0 Å². The summed E-state index contributed by atoms with van der Waals surface area (Å²) in [5.74, 6) is -0.116. The Bertz CT molecular complexity index is 193. The highest BCUT2D eigenvalue weighted by atomic mass is 16.6. The lowest BCUT2D eigenvalue weighted by Gasteiger charge is -2.11. The first-order valence-corrected chi connectivity index (χ1v) is 4.18. The van der Waals surface area contributed by atoms with Crippen LogP contribution in [0.1, 0.15) is 13.3 Å². The van der Waals surface area contributed by atoms with Crippen molar-refractivity contribution in [3.63, 3.8) is 0 Å². The molecule has 0 bridgehead atoms. The zero-order valence-corrected chi connectivity index (χ0v) is 7.38. The fraction of sp³-hybridized carbons (Fsp3) is 0.875. The summed E-state index contributed by atoms with van der Waals surface area (Å²) in [5.41, 5.74) is 0. The van der Waals surface area contributed by atoms with Crippen LogP contribution in [0.5, 0.6) is 0 Å². The van der Waals surface area contributed by atoms with E-state index in [0.29, 0.717) is 0 Å². The molecule has 1 aliphatic heterocycles. The van der Waals surface area contributed by atoms with Crippen molar-refractivity contribution in [3.8, 4) is 0 Å². The molecule has 1 heterocycles. The third-order valence-corrected chi connectivity index (χ3v) is 2.13. The summed E-state index contributed by atoms with van der Waals surface area (Å²) in [6, 6.07) is 0. The smallest absolute Gasteiger partial charge is 0.132 e. The fourth-order valence-electron chi connectivity index (χ4n) is 1.43. The van der Waals surface area contributed by atoms with Crippen molar-refractivity contribution in [1.82, 2.24) is 0 Å². The molecule has 3 N–H and O–H groups in total. The average molecular weight is 190 g/mol. The Kier molecular flexibility index (Phi) is 3.38. The Labute approximate surface area is 75.9 Å². The lowest BCUT2D eigenvalue weighted by atomic mass is 10.0. The molecule has 0 saturated carbocycles. The third kappa shape index (κ3) is 2.25. The number of carbonyl (C=O) groups excluding carboxylic acids is 1. The predicted molar refractivity (Wildman–Crippen MR) is 43.1 cm³/mol. The molecule has 5 nitrogen and oxygen atoms in total. The molecular formula is C8H14O5. The number of aliphatic hydroxyl groups excluding tert-OH is 3. The van der Waals surface area contributed by atoms with Gasteiger partial charge >= 0.3 is 0 Å². The quantitative estimate of drug-likeness (QED) is 0.501. The lowest BCUT2D eigenvalue weighted by Crippen LogP contribution is -2.34. The number of aliphatic hydroxyl groups is 3. The molecule has 0 spiro atoms. The third-order valence-electron chi connectivity index (χ3n) is 2.13. The van der Waals surface area contributed by atoms with Gasteiger partial charge in [0.25, 0.3) is 0 Å². The molecule has 1 saturated heterocycles. The van der Waals surface area contributed by atoms with Gasteiger partial charge < -0.3 is 20.1 Å². The van der Waals surface area contributed by atoms with Crippen LogP contribution >= 0.6 is 0 Å². The van der Waals surface area contributed by atoms with Crippen LogP contribution in [0.4, 0.5) is 0 Å². The molecule has 0 aliphatic carbocycles. The van der Waals surface area contributed by atoms with Gasteiger partial charge in [-0.3, -0.25) is 4.79 Å². The van der Waals surface area contributed by atoms with Gasteiger partial charge in [0.2, 0.25) is 0 Å². The van der Waals surface area contributed by atoms with E-state index in [1.165, 1.54) is 6.92 Å². The number of ether oxygens (including phenoxy) is 1. The van der Waals surface area contributed by atoms with Gasteiger partial charge in [-0.2, -0.15) is 0 Å². The average Bonchev–Trinajstić information content (AvgIpc) is 2.32. The van der Waals surface area contributed by atoms with Gasteiger partial charge in [-0.05, 0) is 6.92 Å². The zero-order valence-electron chi connectivity index (χ0n) is 7.38. The predicted octanol–water partition coefficient (Wildman–Crippen LogP) is -1.55. The Hall–Kier alpha value is -0.490. The van der Waals surface area contributed by atoms with E-state index in [-0.39, 0.29) is 18.8 Å². The first-order chi connectivity index (χ1) is 6.06. The van der Waals surface area contributed by atoms with E-state index in [9.17, 15) is 15.0 Å². The Morgan fingerprint density at radius 1 is 1.31 bits per heavy atom. The van der Waals surface area contributed by atoms with Gasteiger partial charge in [0.1, 0.15) is 24.1 Å². The molecule has 13 heavy (non-hydrogen) atoms. The lowest BCUT2D eigenvalue weighted by molar-refractivity contribution is -0.121. The molecule has 4 atom stereocenters. The van der Waals surface area contributed by atoms with Crippen molar-refractivity contribution in [2.24, 2.45) is 0 Å². The minimum Gasteiger partial charge on any atom is -0.394 e. The highest BCUT2D eigenvalue weighted by Gasteiger charge is 2.42. The van der Waals surface area contributed by atoms with E-state index in [4.69, 9.17) is 9.84 Å². The van der Waals surface area contributed by atoms with Crippen molar-refractivity contribution in [1.29, 1.82) is 0 Å². The van der Waals surface area contributed by atoms with Crippen LogP contribution < -0.4 is 0 Å². The van der Waals surface area contributed by atoms with Crippen LogP contribution in [0, 0.1) is 0 Å². The van der Waals surface area contributed by atoms with Crippen LogP contribution in [0.2, 0.25) is 0 Å². The standard InChI is InChI=1S/C8H14O5/c1-4(10)2-5-7(11)8(12)6(3-9)13-5/h5-9,11-12H,2-3H2,1H3/t5?,6-,7+,8+/m1/s1. The van der Waals surface area contributed by atoms with E-state index >= 15 is 0 Å². The second kappa shape index (κ2) is 4.15. The second-order valence-electron chi connectivity index (χ2n) is 3.28. The molecule has 1 aliphatic rings. The van der Waals surface area contributed by atoms with E-state index in [0.717, 1.165) is 0 Å². The van der Waals surface area contributed by atoms with Crippen LogP contribution in [0.3, 0.4) is 0 Å². The maximum absolute atomic E-state index is 10.7. The Balaban J connectivity index is 2.55. The maximum atomic E-state index is 10.7. The van der Waals surface area contributed by atoms with Crippen molar-refractivity contribution in [2.75, 3.05) is 6.61 Å². The van der Waals surface area contributed by atoms with Crippen LogP contribution in [0.15, 0.2) is 0 Å². The second-order valence-corrected chi connectivity index (χ2v) is 3.28. The normalized spacial score (nSPS) is 39.4. The summed E-state index contributed by atoms with van der Waals surface area (Å²) in [6.45, 7) is 1.03. The first kappa shape index (κ1) is 10.6. The summed E-state index contributed by atoms with van der Waals surface area (Å²) >= 11 is 0. The zero-order chi connectivity index (χ0) is 10.0. The largest absolute Gasteiger partial charge is 0.394 e. The summed E-state index contributed by atoms with van der Waals surface area (Å²) in [7, 11) is 0. The number of Topliss-reactive ketones (excluding diaryl/α,β-unsaturated/α-hetero) is 1. The molecule has 0 aromatic rings. The van der Waals surface area contributed by atoms with Crippen LogP contribution in [-0.2, 0) is 9.53 Å². The minimum atomic E-state index is -1.10. The van der Waals surface area contributed by atoms with Gasteiger partial charge in [-0.1, -0.05) is 0 Å². The molecular weight excluding hydrogens is 176 g/mol. The number of rotatable bonds is 3. The minimum absolute atomic E-state index is 0.0642. The SMILES string of the molecule is CC(=O)CC1O[C@H](CO)[C@H](O)[C@H]1O. The molecule has 1 fully saturated rings. The van der Waals surface area contributed by atoms with Crippen molar-refractivity contribution >= 4 is 5.78 Å². The summed E-state index contributed by atoms with van der Waals surface area (Å²) in [5, 5.41) is 27.4. The molecule has 1 unspecified atom stereocenters. The molecule has 0 radical (unpaired) electrons. The van der Waals surface area contributed by atoms with E-state index in [1.807, 2.05) is 0 Å². The van der Waals surface area contributed by atoms with Gasteiger partial charge in [0.05, 0.1) is 12.7 Å². The number of carbonyl (C=O) groups is 1. The molecule has 0 aromatic heterocycles. The molecule has 5 heteroatoms. The van der Waals surface area contributed by atoms with Crippen molar-refractivity contribution in [3.05, 3.63) is 0 Å². The highest BCUT2D eigenvalue weighted by Crippen LogP contribution is 2.23. The molecule has 76 valence electrons. The van der Waals surface area contributed by atoms with E-state index in [1.54, 1.807) is 0 Å². The summed E-state index contributed by atoms with van der Waals surface area (Å²) < 4.78 is 5.08. The van der Waals surface area contributed by atoms with Crippen LogP contribution in [-0.4, -0.2) is 52.1 Å². The van der Waals surface area contributed by atoms with Crippen molar-refractivity contribution in [2.45, 2.75) is 37.8 Å². The van der Waals surface area contributed by atoms with Gasteiger partial charge in [-0.15, -0.1) is 0 Å². The topological polar surface area (TPSA) is 87.0 Å². The number of hydrogen-bond donors (Lipinski definition) is 3. The Morgan fingerprint density at radius 2 is 1.85 bits per heavy atom. The van der Waals surface area contributed by atoms with Crippen molar-refractivity contribution < 1.29 is 24.9 Å².